The third-order valence-corrected chi connectivity index (χ3v) is 3.12. The minimum atomic E-state index is -0.854. The van der Waals surface area contributed by atoms with Gasteiger partial charge < -0.3 is 5.32 Å². The summed E-state index contributed by atoms with van der Waals surface area (Å²) in [7, 11) is 0. The number of anilines is 1. The van der Waals surface area contributed by atoms with Crippen molar-refractivity contribution in [3.05, 3.63) is 26.6 Å². The Kier molecular flexibility index (Phi) is 4.38. The standard InChI is InChI=1S/C9H4Br2F2N2O/c10-7-4(12)3-5(8(11)9(7)13)15-6(16)1-2-14/h3H,1H2,(H,15,16). The van der Waals surface area contributed by atoms with E-state index in [1.54, 1.807) is 6.07 Å². The number of rotatable bonds is 2. The molecule has 0 fully saturated rings. The zero-order valence-electron chi connectivity index (χ0n) is 7.65. The van der Waals surface area contributed by atoms with Gasteiger partial charge in [0.25, 0.3) is 0 Å². The molecule has 0 aliphatic carbocycles. The minimum absolute atomic E-state index is 0.0570. The molecule has 1 rings (SSSR count). The first-order chi connectivity index (χ1) is 7.47. The highest BCUT2D eigenvalue weighted by atomic mass is 79.9. The van der Waals surface area contributed by atoms with E-state index in [9.17, 15) is 13.6 Å². The van der Waals surface area contributed by atoms with E-state index in [4.69, 9.17) is 5.26 Å². The second-order valence-corrected chi connectivity index (χ2v) is 4.32. The molecular weight excluding hydrogens is 350 g/mol. The summed E-state index contributed by atoms with van der Waals surface area (Å²) in [6.07, 6.45) is -0.383. The van der Waals surface area contributed by atoms with E-state index in [1.165, 1.54) is 0 Å². The Morgan fingerprint density at radius 2 is 2.06 bits per heavy atom. The smallest absolute Gasteiger partial charge is 0.238 e. The molecule has 1 amide bonds. The summed E-state index contributed by atoms with van der Waals surface area (Å²) in [5, 5.41) is 10.5. The van der Waals surface area contributed by atoms with Crippen LogP contribution in [0.15, 0.2) is 15.0 Å². The predicted octanol–water partition coefficient (Wildman–Crippen LogP) is 3.34. The second kappa shape index (κ2) is 5.37. The van der Waals surface area contributed by atoms with E-state index < -0.39 is 17.5 Å². The van der Waals surface area contributed by atoms with Gasteiger partial charge in [-0.2, -0.15) is 5.26 Å². The Labute approximate surface area is 107 Å². The van der Waals surface area contributed by atoms with Crippen LogP contribution in [0.25, 0.3) is 0 Å². The summed E-state index contributed by atoms with van der Waals surface area (Å²) < 4.78 is 26.1. The fourth-order valence-electron chi connectivity index (χ4n) is 0.930. The zero-order chi connectivity index (χ0) is 12.3. The lowest BCUT2D eigenvalue weighted by molar-refractivity contribution is -0.115. The van der Waals surface area contributed by atoms with Crippen molar-refractivity contribution < 1.29 is 13.6 Å². The Morgan fingerprint density at radius 1 is 1.44 bits per heavy atom. The molecular formula is C9H4Br2F2N2O. The van der Waals surface area contributed by atoms with Crippen molar-refractivity contribution in [1.82, 2.24) is 0 Å². The molecule has 0 saturated carbocycles. The van der Waals surface area contributed by atoms with Crippen molar-refractivity contribution in [3.63, 3.8) is 0 Å². The predicted molar refractivity (Wildman–Crippen MR) is 60.6 cm³/mol. The zero-order valence-corrected chi connectivity index (χ0v) is 10.8. The Morgan fingerprint density at radius 3 is 2.62 bits per heavy atom. The summed E-state index contributed by atoms with van der Waals surface area (Å²) in [4.78, 5) is 11.1. The molecule has 0 unspecified atom stereocenters. The Bertz CT molecular complexity index is 485. The van der Waals surface area contributed by atoms with Crippen LogP contribution in [0, 0.1) is 23.0 Å². The van der Waals surface area contributed by atoms with Crippen LogP contribution in [-0.4, -0.2) is 5.91 Å². The highest BCUT2D eigenvalue weighted by molar-refractivity contribution is 9.11. The third kappa shape index (κ3) is 2.77. The van der Waals surface area contributed by atoms with E-state index in [1.807, 2.05) is 0 Å². The third-order valence-electron chi connectivity index (χ3n) is 1.62. The van der Waals surface area contributed by atoms with Gasteiger partial charge in [0.2, 0.25) is 5.91 Å². The number of carbonyl (C=O) groups excluding carboxylic acids is 1. The van der Waals surface area contributed by atoms with Crippen LogP contribution in [-0.2, 0) is 4.79 Å². The molecule has 0 radical (unpaired) electrons. The maximum absolute atomic E-state index is 13.3. The van der Waals surface area contributed by atoms with Gasteiger partial charge in [-0.3, -0.25) is 4.79 Å². The second-order valence-electron chi connectivity index (χ2n) is 2.73. The van der Waals surface area contributed by atoms with Crippen LogP contribution in [0.3, 0.4) is 0 Å². The number of nitriles is 1. The van der Waals surface area contributed by atoms with Crippen molar-refractivity contribution in [2.24, 2.45) is 0 Å². The van der Waals surface area contributed by atoms with E-state index >= 15 is 0 Å². The molecule has 0 heterocycles. The van der Waals surface area contributed by atoms with Crippen molar-refractivity contribution in [3.8, 4) is 6.07 Å². The van der Waals surface area contributed by atoms with Crippen LogP contribution < -0.4 is 5.32 Å². The number of hydrogen-bond acceptors (Lipinski definition) is 2. The normalized spacial score (nSPS) is 9.69. The van der Waals surface area contributed by atoms with Gasteiger partial charge in [-0.1, -0.05) is 0 Å². The molecule has 0 aliphatic rings. The van der Waals surface area contributed by atoms with Crippen LogP contribution in [0.4, 0.5) is 14.5 Å². The number of carbonyl (C=O) groups is 1. The maximum atomic E-state index is 13.3. The largest absolute Gasteiger partial charge is 0.324 e. The fraction of sp³-hybridized carbons (Fsp3) is 0.111. The average Bonchev–Trinajstić information content (AvgIpc) is 2.23. The topological polar surface area (TPSA) is 52.9 Å². The molecule has 1 aromatic rings. The van der Waals surface area contributed by atoms with Gasteiger partial charge in [0, 0.05) is 0 Å². The van der Waals surface area contributed by atoms with Gasteiger partial charge in [-0.25, -0.2) is 8.78 Å². The highest BCUT2D eigenvalue weighted by Crippen LogP contribution is 2.33. The van der Waals surface area contributed by atoms with E-state index in [0.717, 1.165) is 6.07 Å². The van der Waals surface area contributed by atoms with Gasteiger partial charge in [0.05, 0.1) is 20.7 Å². The van der Waals surface area contributed by atoms with Crippen LogP contribution in [0.2, 0.25) is 0 Å². The number of benzene rings is 1. The average molecular weight is 354 g/mol. The molecule has 0 bridgehead atoms. The monoisotopic (exact) mass is 352 g/mol. The van der Waals surface area contributed by atoms with E-state index in [2.05, 4.69) is 37.2 Å². The summed E-state index contributed by atoms with van der Waals surface area (Å²) in [6, 6.07) is 2.57. The first kappa shape index (κ1) is 13.1. The van der Waals surface area contributed by atoms with Crippen molar-refractivity contribution >= 4 is 43.5 Å². The molecule has 3 nitrogen and oxygen atoms in total. The van der Waals surface area contributed by atoms with E-state index in [-0.39, 0.29) is 21.1 Å². The molecule has 16 heavy (non-hydrogen) atoms. The maximum Gasteiger partial charge on any atom is 0.238 e. The first-order valence-electron chi connectivity index (χ1n) is 3.97. The molecule has 1 aromatic carbocycles. The molecule has 84 valence electrons. The molecule has 1 N–H and O–H groups in total. The van der Waals surface area contributed by atoms with Crippen LogP contribution in [0.1, 0.15) is 6.42 Å². The fourth-order valence-corrected chi connectivity index (χ4v) is 1.92. The number of halogens is 4. The molecule has 0 saturated heterocycles. The van der Waals surface area contributed by atoms with Gasteiger partial charge in [-0.15, -0.1) is 0 Å². The number of amides is 1. The Hall–Kier alpha value is -1.00. The SMILES string of the molecule is N#CCC(=O)Nc1cc(F)c(Br)c(F)c1Br. The number of nitrogens with zero attached hydrogens (tertiary/aromatic N) is 1. The summed E-state index contributed by atoms with van der Waals surface area (Å²) in [6.45, 7) is 0. The molecule has 7 heteroatoms. The van der Waals surface area contributed by atoms with Gasteiger partial charge in [0.1, 0.15) is 12.2 Å². The summed E-state index contributed by atoms with van der Waals surface area (Å²) in [5.74, 6) is -2.33. The lowest BCUT2D eigenvalue weighted by Crippen LogP contribution is -2.11. The minimum Gasteiger partial charge on any atom is -0.324 e. The van der Waals surface area contributed by atoms with Crippen molar-refractivity contribution in [1.29, 1.82) is 5.26 Å². The number of nitrogens with one attached hydrogen (secondary N) is 1. The molecule has 0 aliphatic heterocycles. The van der Waals surface area contributed by atoms with Crippen molar-refractivity contribution in [2.45, 2.75) is 6.42 Å². The first-order valence-corrected chi connectivity index (χ1v) is 5.55. The van der Waals surface area contributed by atoms with E-state index in [0.29, 0.717) is 0 Å². The Balaban J connectivity index is 3.07. The molecule has 0 spiro atoms. The quantitative estimate of drug-likeness (QED) is 0.654. The highest BCUT2D eigenvalue weighted by Gasteiger charge is 2.16. The lowest BCUT2D eigenvalue weighted by atomic mass is 10.3. The summed E-state index contributed by atoms with van der Waals surface area (Å²) >= 11 is 5.59. The van der Waals surface area contributed by atoms with Crippen molar-refractivity contribution in [2.75, 3.05) is 5.32 Å². The van der Waals surface area contributed by atoms with Crippen LogP contribution >= 0.6 is 31.9 Å². The lowest BCUT2D eigenvalue weighted by Gasteiger charge is -2.08. The molecule has 0 atom stereocenters. The summed E-state index contributed by atoms with van der Waals surface area (Å²) in [5.41, 5.74) is -0.0570. The van der Waals surface area contributed by atoms with Gasteiger partial charge in [-0.05, 0) is 37.9 Å². The number of hydrogen-bond donors (Lipinski definition) is 1. The molecule has 0 aromatic heterocycles. The van der Waals surface area contributed by atoms with Crippen LogP contribution in [0.5, 0.6) is 0 Å². The van der Waals surface area contributed by atoms with Gasteiger partial charge >= 0.3 is 0 Å². The van der Waals surface area contributed by atoms with Gasteiger partial charge in [0.15, 0.2) is 5.82 Å².